The van der Waals surface area contributed by atoms with Crippen LogP contribution in [0.5, 0.6) is 0 Å². The van der Waals surface area contributed by atoms with E-state index in [9.17, 15) is 0 Å². The molecular weight excluding hydrogens is 310 g/mol. The summed E-state index contributed by atoms with van der Waals surface area (Å²) in [5.74, 6) is 0. The van der Waals surface area contributed by atoms with Gasteiger partial charge < -0.3 is 9.47 Å². The number of pyridine rings is 1. The number of aromatic nitrogens is 2. The standard InChI is InChI=1S/C17H21N3O2S/c1-2-13(10-18-5-1)12-22-15-4-3-14-17(15)21-8-7-20(14)11-16-19-6-9-23-16/h1-2,5-6,9-10,14-15,17H,3-4,7-8,11-12H2/t14-,15-,17+/m0/s1. The quantitative estimate of drug-likeness (QED) is 0.842. The Morgan fingerprint density at radius 3 is 3.17 bits per heavy atom. The fraction of sp³-hybridized carbons (Fsp3) is 0.529. The first-order chi connectivity index (χ1) is 11.4. The number of rotatable bonds is 5. The van der Waals surface area contributed by atoms with Crippen LogP contribution >= 0.6 is 11.3 Å². The maximum Gasteiger partial charge on any atom is 0.107 e. The van der Waals surface area contributed by atoms with E-state index >= 15 is 0 Å². The first-order valence-corrected chi connectivity index (χ1v) is 9.02. The summed E-state index contributed by atoms with van der Waals surface area (Å²) >= 11 is 1.73. The van der Waals surface area contributed by atoms with E-state index in [0.717, 1.165) is 38.1 Å². The molecule has 0 unspecified atom stereocenters. The molecule has 2 aromatic heterocycles. The SMILES string of the molecule is c1cncc(CO[C@H]2CC[C@H]3[C@H]2OCCN3Cc2nccs2)c1. The minimum atomic E-state index is 0.180. The molecule has 2 aromatic rings. The van der Waals surface area contributed by atoms with E-state index in [0.29, 0.717) is 12.6 Å². The van der Waals surface area contributed by atoms with Gasteiger partial charge in [-0.3, -0.25) is 9.88 Å². The van der Waals surface area contributed by atoms with Crippen LogP contribution in [-0.4, -0.2) is 46.3 Å². The molecule has 122 valence electrons. The zero-order valence-electron chi connectivity index (χ0n) is 13.0. The Morgan fingerprint density at radius 1 is 1.35 bits per heavy atom. The summed E-state index contributed by atoms with van der Waals surface area (Å²) in [6.07, 6.45) is 8.09. The molecule has 1 aliphatic carbocycles. The lowest BCUT2D eigenvalue weighted by molar-refractivity contribution is -0.118. The third-order valence-corrected chi connectivity index (χ3v) is 5.42. The van der Waals surface area contributed by atoms with Gasteiger partial charge in [0.1, 0.15) is 5.01 Å². The van der Waals surface area contributed by atoms with Gasteiger partial charge in [0.15, 0.2) is 0 Å². The number of nitrogens with zero attached hydrogens (tertiary/aromatic N) is 3. The van der Waals surface area contributed by atoms with Crippen molar-refractivity contribution in [2.24, 2.45) is 0 Å². The summed E-state index contributed by atoms with van der Waals surface area (Å²) in [6.45, 7) is 3.30. The van der Waals surface area contributed by atoms with Gasteiger partial charge in [0, 0.05) is 36.6 Å². The van der Waals surface area contributed by atoms with E-state index in [2.05, 4.69) is 20.9 Å². The summed E-state index contributed by atoms with van der Waals surface area (Å²) in [5.41, 5.74) is 1.12. The third kappa shape index (κ3) is 3.45. The molecule has 0 radical (unpaired) electrons. The molecule has 1 saturated heterocycles. The molecule has 3 atom stereocenters. The van der Waals surface area contributed by atoms with Crippen LogP contribution in [-0.2, 0) is 22.6 Å². The number of ether oxygens (including phenoxy) is 2. The summed E-state index contributed by atoms with van der Waals surface area (Å²) in [5, 5.41) is 3.23. The number of morpholine rings is 1. The highest BCUT2D eigenvalue weighted by molar-refractivity contribution is 7.09. The van der Waals surface area contributed by atoms with Crippen LogP contribution < -0.4 is 0 Å². The van der Waals surface area contributed by atoms with Gasteiger partial charge in [-0.1, -0.05) is 6.07 Å². The van der Waals surface area contributed by atoms with Gasteiger partial charge in [-0.15, -0.1) is 11.3 Å². The molecule has 23 heavy (non-hydrogen) atoms. The Hall–Kier alpha value is -1.34. The van der Waals surface area contributed by atoms with Gasteiger partial charge in [-0.05, 0) is 24.5 Å². The molecule has 2 aliphatic rings. The zero-order chi connectivity index (χ0) is 15.5. The van der Waals surface area contributed by atoms with E-state index in [-0.39, 0.29) is 12.2 Å². The third-order valence-electron chi connectivity index (χ3n) is 4.66. The van der Waals surface area contributed by atoms with E-state index in [1.165, 1.54) is 5.01 Å². The van der Waals surface area contributed by atoms with Crippen LogP contribution in [0.4, 0.5) is 0 Å². The minimum Gasteiger partial charge on any atom is -0.373 e. The average Bonchev–Trinajstić information content (AvgIpc) is 3.24. The fourth-order valence-corrected chi connectivity index (χ4v) is 4.20. The lowest BCUT2D eigenvalue weighted by Crippen LogP contribution is -2.51. The van der Waals surface area contributed by atoms with Crippen molar-refractivity contribution in [3.63, 3.8) is 0 Å². The van der Waals surface area contributed by atoms with Gasteiger partial charge in [-0.2, -0.15) is 0 Å². The first-order valence-electron chi connectivity index (χ1n) is 8.15. The topological polar surface area (TPSA) is 47.5 Å². The Balaban J connectivity index is 1.37. The van der Waals surface area contributed by atoms with Gasteiger partial charge in [-0.25, -0.2) is 4.98 Å². The first kappa shape index (κ1) is 15.2. The van der Waals surface area contributed by atoms with Crippen LogP contribution in [0.1, 0.15) is 23.4 Å². The highest BCUT2D eigenvalue weighted by Gasteiger charge is 2.43. The van der Waals surface area contributed by atoms with Crippen molar-refractivity contribution in [2.45, 2.75) is 44.2 Å². The summed E-state index contributed by atoms with van der Waals surface area (Å²) in [7, 11) is 0. The zero-order valence-corrected chi connectivity index (χ0v) is 13.8. The highest BCUT2D eigenvalue weighted by atomic mass is 32.1. The summed E-state index contributed by atoms with van der Waals surface area (Å²) in [4.78, 5) is 11.1. The van der Waals surface area contributed by atoms with Crippen LogP contribution in [0.25, 0.3) is 0 Å². The molecule has 1 saturated carbocycles. The molecular formula is C17H21N3O2S. The van der Waals surface area contributed by atoms with Crippen LogP contribution in [0.15, 0.2) is 36.1 Å². The lowest BCUT2D eigenvalue weighted by Gasteiger charge is -2.38. The molecule has 0 aromatic carbocycles. The summed E-state index contributed by atoms with van der Waals surface area (Å²) < 4.78 is 12.2. The smallest absolute Gasteiger partial charge is 0.107 e. The number of hydrogen-bond acceptors (Lipinski definition) is 6. The van der Waals surface area contributed by atoms with Crippen molar-refractivity contribution >= 4 is 11.3 Å². The Kier molecular flexibility index (Phi) is 4.66. The maximum absolute atomic E-state index is 6.14. The number of thiazole rings is 1. The second-order valence-corrected chi connectivity index (χ2v) is 7.07. The molecule has 2 fully saturated rings. The van der Waals surface area contributed by atoms with Crippen molar-refractivity contribution in [3.05, 3.63) is 46.7 Å². The van der Waals surface area contributed by atoms with Gasteiger partial charge in [0.05, 0.1) is 32.0 Å². The van der Waals surface area contributed by atoms with E-state index in [1.54, 1.807) is 17.5 Å². The molecule has 3 heterocycles. The molecule has 0 amide bonds. The van der Waals surface area contributed by atoms with Gasteiger partial charge >= 0.3 is 0 Å². The van der Waals surface area contributed by atoms with Crippen LogP contribution in [0.3, 0.4) is 0 Å². The molecule has 0 spiro atoms. The minimum absolute atomic E-state index is 0.180. The highest BCUT2D eigenvalue weighted by Crippen LogP contribution is 2.33. The average molecular weight is 331 g/mol. The van der Waals surface area contributed by atoms with Gasteiger partial charge in [0.2, 0.25) is 0 Å². The second-order valence-electron chi connectivity index (χ2n) is 6.09. The molecule has 5 nitrogen and oxygen atoms in total. The van der Waals surface area contributed by atoms with Crippen molar-refractivity contribution in [1.82, 2.24) is 14.9 Å². The normalized spacial score (nSPS) is 27.9. The molecule has 6 heteroatoms. The van der Waals surface area contributed by atoms with E-state index < -0.39 is 0 Å². The van der Waals surface area contributed by atoms with Crippen LogP contribution in [0, 0.1) is 0 Å². The van der Waals surface area contributed by atoms with Gasteiger partial charge in [0.25, 0.3) is 0 Å². The Bertz CT molecular complexity index is 608. The van der Waals surface area contributed by atoms with Crippen molar-refractivity contribution in [2.75, 3.05) is 13.2 Å². The number of hydrogen-bond donors (Lipinski definition) is 0. The largest absolute Gasteiger partial charge is 0.373 e. The van der Waals surface area contributed by atoms with E-state index in [4.69, 9.17) is 9.47 Å². The molecule has 0 bridgehead atoms. The Labute approximate surface area is 140 Å². The molecule has 0 N–H and O–H groups in total. The predicted molar refractivity (Wildman–Crippen MR) is 88.1 cm³/mol. The van der Waals surface area contributed by atoms with Crippen molar-refractivity contribution in [3.8, 4) is 0 Å². The van der Waals surface area contributed by atoms with Crippen molar-refractivity contribution < 1.29 is 9.47 Å². The monoisotopic (exact) mass is 331 g/mol. The second kappa shape index (κ2) is 7.05. The maximum atomic E-state index is 6.14. The molecule has 4 rings (SSSR count). The van der Waals surface area contributed by atoms with Crippen LogP contribution in [0.2, 0.25) is 0 Å². The van der Waals surface area contributed by atoms with Crippen molar-refractivity contribution in [1.29, 1.82) is 0 Å². The number of fused-ring (bicyclic) bond motifs is 1. The lowest BCUT2D eigenvalue weighted by atomic mass is 10.1. The summed E-state index contributed by atoms with van der Waals surface area (Å²) in [6, 6.07) is 4.45. The predicted octanol–water partition coefficient (Wildman–Crippen LogP) is 2.49. The fourth-order valence-electron chi connectivity index (χ4n) is 3.56. The Morgan fingerprint density at radius 2 is 2.35 bits per heavy atom. The molecule has 1 aliphatic heterocycles. The van der Waals surface area contributed by atoms with E-state index in [1.807, 2.05) is 23.8 Å².